The quantitative estimate of drug-likeness (QED) is 0.528. The molecule has 1 aliphatic rings. The number of nitrogens with zero attached hydrogens (tertiary/aromatic N) is 1. The molecule has 0 radical (unpaired) electrons. The SMILES string of the molecule is COc1cc(/C=C2/SC(=S)N(c3ccc(O)c(C(=O)O)c3)C2=O)ccc1O. The number of carboxylic acid groups (broad SMARTS) is 1. The number of carbonyl (C=O) groups excluding carboxylic acids is 1. The van der Waals surface area contributed by atoms with Gasteiger partial charge in [0.1, 0.15) is 11.3 Å². The number of aromatic hydroxyl groups is 2. The molecule has 0 aromatic heterocycles. The summed E-state index contributed by atoms with van der Waals surface area (Å²) in [4.78, 5) is 25.5. The Kier molecular flexibility index (Phi) is 5.06. The maximum absolute atomic E-state index is 12.8. The van der Waals surface area contributed by atoms with Crippen LogP contribution in [0.3, 0.4) is 0 Å². The number of thiocarbonyl (C=S) groups is 1. The van der Waals surface area contributed by atoms with Crippen molar-refractivity contribution in [1.82, 2.24) is 0 Å². The van der Waals surface area contributed by atoms with Crippen molar-refractivity contribution in [3.63, 3.8) is 0 Å². The number of ether oxygens (including phenoxy) is 1. The van der Waals surface area contributed by atoms with E-state index in [0.29, 0.717) is 10.5 Å². The van der Waals surface area contributed by atoms with Crippen LogP contribution in [0.4, 0.5) is 5.69 Å². The van der Waals surface area contributed by atoms with Crippen molar-refractivity contribution < 1.29 is 29.6 Å². The lowest BCUT2D eigenvalue weighted by Crippen LogP contribution is -2.27. The molecule has 2 aromatic rings. The number of hydrogen-bond acceptors (Lipinski definition) is 7. The molecule has 3 rings (SSSR count). The van der Waals surface area contributed by atoms with E-state index in [-0.39, 0.29) is 27.1 Å². The third-order valence-corrected chi connectivity index (χ3v) is 5.07. The number of hydrogen-bond donors (Lipinski definition) is 3. The zero-order valence-corrected chi connectivity index (χ0v) is 15.5. The van der Waals surface area contributed by atoms with Gasteiger partial charge in [0.2, 0.25) is 0 Å². The first-order valence-corrected chi connectivity index (χ1v) is 8.75. The predicted octanol–water partition coefficient (Wildman–Crippen LogP) is 3.21. The lowest BCUT2D eigenvalue weighted by molar-refractivity contribution is -0.113. The fourth-order valence-electron chi connectivity index (χ4n) is 2.46. The molecule has 0 spiro atoms. The monoisotopic (exact) mass is 403 g/mol. The molecule has 1 fully saturated rings. The minimum atomic E-state index is -1.31. The van der Waals surface area contributed by atoms with E-state index in [1.54, 1.807) is 18.2 Å². The third kappa shape index (κ3) is 3.60. The molecule has 2 aromatic carbocycles. The van der Waals surface area contributed by atoms with Gasteiger partial charge >= 0.3 is 5.97 Å². The number of amides is 1. The molecule has 3 N–H and O–H groups in total. The Bertz CT molecular complexity index is 1000. The molecule has 0 bridgehead atoms. The van der Waals surface area contributed by atoms with Crippen LogP contribution in [0, 0.1) is 0 Å². The fraction of sp³-hybridized carbons (Fsp3) is 0.0556. The van der Waals surface area contributed by atoms with Gasteiger partial charge in [-0.3, -0.25) is 9.69 Å². The Morgan fingerprint density at radius 3 is 2.56 bits per heavy atom. The summed E-state index contributed by atoms with van der Waals surface area (Å²) in [5, 5.41) is 28.4. The highest BCUT2D eigenvalue weighted by Gasteiger charge is 2.34. The molecule has 27 heavy (non-hydrogen) atoms. The van der Waals surface area contributed by atoms with E-state index in [4.69, 9.17) is 22.1 Å². The van der Waals surface area contributed by atoms with Crippen LogP contribution in [-0.2, 0) is 4.79 Å². The van der Waals surface area contributed by atoms with Crippen LogP contribution in [0.2, 0.25) is 0 Å². The minimum absolute atomic E-state index is 0.0208. The Labute approximate surface area is 163 Å². The molecule has 7 nitrogen and oxygen atoms in total. The second kappa shape index (κ2) is 7.29. The molecule has 0 saturated carbocycles. The Morgan fingerprint density at radius 1 is 1.19 bits per heavy atom. The molecule has 9 heteroatoms. The van der Waals surface area contributed by atoms with Gasteiger partial charge in [-0.15, -0.1) is 0 Å². The van der Waals surface area contributed by atoms with Crippen LogP contribution in [-0.4, -0.2) is 38.6 Å². The molecule has 1 heterocycles. The number of carboxylic acids is 1. The van der Waals surface area contributed by atoms with Crippen LogP contribution >= 0.6 is 24.0 Å². The molecular weight excluding hydrogens is 390 g/mol. The van der Waals surface area contributed by atoms with Gasteiger partial charge in [-0.25, -0.2) is 4.79 Å². The van der Waals surface area contributed by atoms with Crippen molar-refractivity contribution in [2.24, 2.45) is 0 Å². The van der Waals surface area contributed by atoms with Crippen molar-refractivity contribution in [3.8, 4) is 17.2 Å². The Hall–Kier alpha value is -3.04. The fourth-order valence-corrected chi connectivity index (χ4v) is 3.76. The van der Waals surface area contributed by atoms with Crippen LogP contribution < -0.4 is 9.64 Å². The number of benzene rings is 2. The van der Waals surface area contributed by atoms with Gasteiger partial charge in [0, 0.05) is 0 Å². The highest BCUT2D eigenvalue weighted by Crippen LogP contribution is 2.38. The number of phenolic OH excluding ortho intramolecular Hbond substituents is 1. The van der Waals surface area contributed by atoms with E-state index in [1.165, 1.54) is 36.3 Å². The number of thioether (sulfide) groups is 1. The maximum atomic E-state index is 12.8. The van der Waals surface area contributed by atoms with E-state index >= 15 is 0 Å². The van der Waals surface area contributed by atoms with Crippen LogP contribution in [0.5, 0.6) is 17.2 Å². The van der Waals surface area contributed by atoms with Gasteiger partial charge in [0.15, 0.2) is 15.8 Å². The summed E-state index contributed by atoms with van der Waals surface area (Å²) in [5.74, 6) is -1.88. The average molecular weight is 403 g/mol. The van der Waals surface area contributed by atoms with Gasteiger partial charge in [-0.05, 0) is 42.0 Å². The van der Waals surface area contributed by atoms with Crippen LogP contribution in [0.1, 0.15) is 15.9 Å². The first-order chi connectivity index (χ1) is 12.8. The summed E-state index contributed by atoms with van der Waals surface area (Å²) in [6.07, 6.45) is 1.60. The van der Waals surface area contributed by atoms with Gasteiger partial charge in [-0.1, -0.05) is 30.0 Å². The Balaban J connectivity index is 1.96. The van der Waals surface area contributed by atoms with Crippen LogP contribution in [0.15, 0.2) is 41.3 Å². The van der Waals surface area contributed by atoms with Gasteiger partial charge in [-0.2, -0.15) is 0 Å². The zero-order valence-electron chi connectivity index (χ0n) is 13.9. The normalized spacial score (nSPS) is 15.4. The van der Waals surface area contributed by atoms with E-state index in [0.717, 1.165) is 11.8 Å². The molecule has 1 aliphatic heterocycles. The van der Waals surface area contributed by atoms with Gasteiger partial charge < -0.3 is 20.1 Å². The lowest BCUT2D eigenvalue weighted by Gasteiger charge is -2.15. The van der Waals surface area contributed by atoms with Crippen LogP contribution in [0.25, 0.3) is 6.08 Å². The number of anilines is 1. The van der Waals surface area contributed by atoms with Crippen molar-refractivity contribution in [2.45, 2.75) is 0 Å². The molecule has 0 atom stereocenters. The van der Waals surface area contributed by atoms with Gasteiger partial charge in [0.25, 0.3) is 5.91 Å². The molecular formula is C18H13NO6S2. The molecule has 0 aliphatic carbocycles. The second-order valence-electron chi connectivity index (χ2n) is 5.46. The summed E-state index contributed by atoms with van der Waals surface area (Å²) in [6.45, 7) is 0. The summed E-state index contributed by atoms with van der Waals surface area (Å²) in [5.41, 5.74) is 0.551. The average Bonchev–Trinajstić information content (AvgIpc) is 2.90. The largest absolute Gasteiger partial charge is 0.507 e. The predicted molar refractivity (Wildman–Crippen MR) is 105 cm³/mol. The van der Waals surface area contributed by atoms with Crippen molar-refractivity contribution in [1.29, 1.82) is 0 Å². The third-order valence-electron chi connectivity index (χ3n) is 3.76. The Morgan fingerprint density at radius 2 is 1.89 bits per heavy atom. The van der Waals surface area contributed by atoms with E-state index in [2.05, 4.69) is 0 Å². The van der Waals surface area contributed by atoms with Gasteiger partial charge in [0.05, 0.1) is 17.7 Å². The molecule has 1 saturated heterocycles. The van der Waals surface area contributed by atoms with Crippen molar-refractivity contribution in [2.75, 3.05) is 12.0 Å². The molecule has 1 amide bonds. The molecule has 138 valence electrons. The number of methoxy groups -OCH3 is 1. The first kappa shape index (κ1) is 18.7. The minimum Gasteiger partial charge on any atom is -0.507 e. The number of rotatable bonds is 4. The topological polar surface area (TPSA) is 107 Å². The molecule has 0 unspecified atom stereocenters. The second-order valence-corrected chi connectivity index (χ2v) is 7.13. The standard InChI is InChI=1S/C18H13NO6S2/c1-25-14-6-9(2-4-13(14)21)7-15-16(22)19(18(26)27-15)10-3-5-12(20)11(8-10)17(23)24/h2-8,20-21H,1H3,(H,23,24)/b15-7+. The number of aromatic carboxylic acids is 1. The zero-order chi connectivity index (χ0) is 19.7. The van der Waals surface area contributed by atoms with E-state index in [1.807, 2.05) is 0 Å². The summed E-state index contributed by atoms with van der Waals surface area (Å²) < 4.78 is 5.28. The van der Waals surface area contributed by atoms with Crippen molar-refractivity contribution in [3.05, 3.63) is 52.4 Å². The van der Waals surface area contributed by atoms with Crippen molar-refractivity contribution >= 4 is 51.9 Å². The maximum Gasteiger partial charge on any atom is 0.339 e. The first-order valence-electron chi connectivity index (χ1n) is 7.53. The summed E-state index contributed by atoms with van der Waals surface area (Å²) in [6, 6.07) is 8.45. The number of carbonyl (C=O) groups is 2. The van der Waals surface area contributed by atoms with E-state index in [9.17, 15) is 19.8 Å². The smallest absolute Gasteiger partial charge is 0.339 e. The lowest BCUT2D eigenvalue weighted by atomic mass is 10.1. The highest BCUT2D eigenvalue weighted by molar-refractivity contribution is 8.27. The number of phenols is 2. The summed E-state index contributed by atoms with van der Waals surface area (Å²) >= 11 is 6.32. The van der Waals surface area contributed by atoms with E-state index < -0.39 is 17.6 Å². The highest BCUT2D eigenvalue weighted by atomic mass is 32.2. The summed E-state index contributed by atoms with van der Waals surface area (Å²) in [7, 11) is 1.42.